The monoisotopic (exact) mass is 249 g/mol. The lowest BCUT2D eigenvalue weighted by Crippen LogP contribution is -2.38. The van der Waals surface area contributed by atoms with Gasteiger partial charge in [-0.2, -0.15) is 0 Å². The molecule has 2 heteroatoms. The van der Waals surface area contributed by atoms with E-state index in [9.17, 15) is 0 Å². The molecule has 0 saturated heterocycles. The Hall–Kier alpha value is -1.02. The van der Waals surface area contributed by atoms with E-state index in [4.69, 9.17) is 4.74 Å². The van der Waals surface area contributed by atoms with Crippen molar-refractivity contribution >= 4 is 0 Å². The third-order valence-corrected chi connectivity index (χ3v) is 3.25. The highest BCUT2D eigenvalue weighted by Gasteiger charge is 2.16. The third-order valence-electron chi connectivity index (χ3n) is 3.25. The van der Waals surface area contributed by atoms with Crippen LogP contribution in [0.15, 0.2) is 24.3 Å². The van der Waals surface area contributed by atoms with Crippen molar-refractivity contribution in [1.82, 2.24) is 5.32 Å². The first-order valence-corrected chi connectivity index (χ1v) is 6.85. The Labute approximate surface area is 112 Å². The summed E-state index contributed by atoms with van der Waals surface area (Å²) in [4.78, 5) is 0. The number of ether oxygens (including phenoxy) is 1. The van der Waals surface area contributed by atoms with E-state index < -0.39 is 0 Å². The van der Waals surface area contributed by atoms with Crippen LogP contribution in [0, 0.1) is 0 Å². The van der Waals surface area contributed by atoms with Crippen molar-refractivity contribution in [3.8, 4) is 5.75 Å². The van der Waals surface area contributed by atoms with Gasteiger partial charge < -0.3 is 10.1 Å². The molecule has 0 bridgehead atoms. The molecule has 0 aliphatic carbocycles. The first-order chi connectivity index (χ1) is 8.34. The van der Waals surface area contributed by atoms with Crippen LogP contribution in [0.5, 0.6) is 5.75 Å². The molecule has 18 heavy (non-hydrogen) atoms. The summed E-state index contributed by atoms with van der Waals surface area (Å²) in [6, 6.07) is 8.76. The SMILES string of the molecule is CCNC(C)C(C)Oc1cccc(C(C)(C)C)c1. The van der Waals surface area contributed by atoms with E-state index in [1.165, 1.54) is 5.56 Å². The maximum absolute atomic E-state index is 6.00. The lowest BCUT2D eigenvalue weighted by atomic mass is 9.87. The molecule has 1 aromatic carbocycles. The van der Waals surface area contributed by atoms with Gasteiger partial charge in [-0.3, -0.25) is 0 Å². The molecule has 1 N–H and O–H groups in total. The van der Waals surface area contributed by atoms with E-state index in [2.05, 4.69) is 65.1 Å². The molecule has 2 atom stereocenters. The second-order valence-corrected chi connectivity index (χ2v) is 5.95. The van der Waals surface area contributed by atoms with Crippen molar-refractivity contribution in [3.63, 3.8) is 0 Å². The van der Waals surface area contributed by atoms with Crippen LogP contribution in [-0.4, -0.2) is 18.7 Å². The molecule has 0 saturated carbocycles. The Morgan fingerprint density at radius 1 is 1.22 bits per heavy atom. The number of rotatable bonds is 5. The van der Waals surface area contributed by atoms with E-state index in [0.29, 0.717) is 6.04 Å². The van der Waals surface area contributed by atoms with E-state index in [1.807, 2.05) is 6.07 Å². The minimum atomic E-state index is 0.163. The van der Waals surface area contributed by atoms with Crippen LogP contribution >= 0.6 is 0 Å². The molecule has 1 rings (SSSR count). The Balaban J connectivity index is 2.73. The van der Waals surface area contributed by atoms with E-state index in [1.54, 1.807) is 0 Å². The van der Waals surface area contributed by atoms with Gasteiger partial charge in [0.25, 0.3) is 0 Å². The van der Waals surface area contributed by atoms with Gasteiger partial charge in [-0.15, -0.1) is 0 Å². The van der Waals surface area contributed by atoms with Crippen LogP contribution in [0.3, 0.4) is 0 Å². The van der Waals surface area contributed by atoms with Crippen molar-refractivity contribution in [3.05, 3.63) is 29.8 Å². The summed E-state index contributed by atoms with van der Waals surface area (Å²) < 4.78 is 6.00. The number of hydrogen-bond donors (Lipinski definition) is 1. The Morgan fingerprint density at radius 2 is 1.89 bits per heavy atom. The Bertz CT molecular complexity index is 368. The van der Waals surface area contributed by atoms with Gasteiger partial charge in [0, 0.05) is 6.04 Å². The van der Waals surface area contributed by atoms with E-state index in [-0.39, 0.29) is 11.5 Å². The van der Waals surface area contributed by atoms with Crippen LogP contribution in [0.1, 0.15) is 47.1 Å². The fourth-order valence-electron chi connectivity index (χ4n) is 1.84. The molecule has 0 aromatic heterocycles. The molecule has 0 aliphatic heterocycles. The Morgan fingerprint density at radius 3 is 2.44 bits per heavy atom. The van der Waals surface area contributed by atoms with Crippen LogP contribution < -0.4 is 10.1 Å². The second kappa shape index (κ2) is 6.24. The van der Waals surface area contributed by atoms with Gasteiger partial charge in [0.05, 0.1) is 0 Å². The molecule has 102 valence electrons. The second-order valence-electron chi connectivity index (χ2n) is 5.95. The highest BCUT2D eigenvalue weighted by Crippen LogP contribution is 2.26. The molecule has 1 aromatic rings. The zero-order valence-corrected chi connectivity index (χ0v) is 12.6. The zero-order valence-electron chi connectivity index (χ0n) is 12.6. The number of likely N-dealkylation sites (N-methyl/N-ethyl adjacent to an activating group) is 1. The van der Waals surface area contributed by atoms with E-state index in [0.717, 1.165) is 12.3 Å². The van der Waals surface area contributed by atoms with Gasteiger partial charge >= 0.3 is 0 Å². The predicted octanol–water partition coefficient (Wildman–Crippen LogP) is 3.75. The van der Waals surface area contributed by atoms with Crippen molar-refractivity contribution in [2.75, 3.05) is 6.54 Å². The highest BCUT2D eigenvalue weighted by atomic mass is 16.5. The normalized spacial score (nSPS) is 15.2. The van der Waals surface area contributed by atoms with Crippen LogP contribution in [0.4, 0.5) is 0 Å². The Kier molecular flexibility index (Phi) is 5.21. The number of nitrogens with one attached hydrogen (secondary N) is 1. The van der Waals surface area contributed by atoms with Crippen LogP contribution in [0.25, 0.3) is 0 Å². The maximum Gasteiger partial charge on any atom is 0.120 e. The van der Waals surface area contributed by atoms with Gasteiger partial charge in [0.2, 0.25) is 0 Å². The van der Waals surface area contributed by atoms with E-state index >= 15 is 0 Å². The number of hydrogen-bond acceptors (Lipinski definition) is 2. The fourth-order valence-corrected chi connectivity index (χ4v) is 1.84. The smallest absolute Gasteiger partial charge is 0.120 e. The van der Waals surface area contributed by atoms with Crippen molar-refractivity contribution in [1.29, 1.82) is 0 Å². The van der Waals surface area contributed by atoms with Gasteiger partial charge in [-0.1, -0.05) is 39.8 Å². The molecule has 0 aliphatic rings. The third kappa shape index (κ3) is 4.34. The van der Waals surface area contributed by atoms with Gasteiger partial charge in [-0.05, 0) is 43.5 Å². The lowest BCUT2D eigenvalue weighted by molar-refractivity contribution is 0.179. The quantitative estimate of drug-likeness (QED) is 0.858. The van der Waals surface area contributed by atoms with Crippen molar-refractivity contribution < 1.29 is 4.74 Å². The fraction of sp³-hybridized carbons (Fsp3) is 0.625. The maximum atomic E-state index is 6.00. The first-order valence-electron chi connectivity index (χ1n) is 6.85. The highest BCUT2D eigenvalue weighted by molar-refractivity contribution is 5.32. The minimum Gasteiger partial charge on any atom is -0.489 e. The largest absolute Gasteiger partial charge is 0.489 e. The molecule has 0 radical (unpaired) electrons. The topological polar surface area (TPSA) is 21.3 Å². The summed E-state index contributed by atoms with van der Waals surface area (Å²) in [6.45, 7) is 14.0. The van der Waals surface area contributed by atoms with Crippen molar-refractivity contribution in [2.45, 2.75) is 59.1 Å². The molecule has 0 spiro atoms. The van der Waals surface area contributed by atoms with Crippen LogP contribution in [-0.2, 0) is 5.41 Å². The average Bonchev–Trinajstić information content (AvgIpc) is 2.28. The molecule has 0 amide bonds. The number of benzene rings is 1. The molecular weight excluding hydrogens is 222 g/mol. The average molecular weight is 249 g/mol. The summed E-state index contributed by atoms with van der Waals surface area (Å²) >= 11 is 0. The molecule has 2 nitrogen and oxygen atoms in total. The molecule has 2 unspecified atom stereocenters. The van der Waals surface area contributed by atoms with Gasteiger partial charge in [-0.25, -0.2) is 0 Å². The minimum absolute atomic E-state index is 0.163. The molecule has 0 fully saturated rings. The summed E-state index contributed by atoms with van der Waals surface area (Å²) in [7, 11) is 0. The summed E-state index contributed by atoms with van der Waals surface area (Å²) in [5.74, 6) is 0.958. The standard InChI is InChI=1S/C16H27NO/c1-7-17-12(2)13(3)18-15-10-8-9-14(11-15)16(4,5)6/h8-13,17H,7H2,1-6H3. The van der Waals surface area contributed by atoms with Gasteiger partial charge in [0.1, 0.15) is 11.9 Å². The first kappa shape index (κ1) is 15.0. The summed E-state index contributed by atoms with van der Waals surface area (Å²) in [5.41, 5.74) is 1.47. The van der Waals surface area contributed by atoms with Crippen LogP contribution in [0.2, 0.25) is 0 Å². The predicted molar refractivity (Wildman–Crippen MR) is 78.4 cm³/mol. The molecule has 0 heterocycles. The van der Waals surface area contributed by atoms with Crippen molar-refractivity contribution in [2.24, 2.45) is 0 Å². The lowest BCUT2D eigenvalue weighted by Gasteiger charge is -2.24. The molecular formula is C16H27NO. The summed E-state index contributed by atoms with van der Waals surface area (Å²) in [5, 5.41) is 3.39. The van der Waals surface area contributed by atoms with Gasteiger partial charge in [0.15, 0.2) is 0 Å². The summed E-state index contributed by atoms with van der Waals surface area (Å²) in [6.07, 6.45) is 0.167. The zero-order chi connectivity index (χ0) is 13.8.